The number of aryl methyl sites for hydroxylation is 1. The summed E-state index contributed by atoms with van der Waals surface area (Å²) in [5.74, 6) is 0.0131. The van der Waals surface area contributed by atoms with Crippen molar-refractivity contribution in [1.29, 1.82) is 0 Å². The molecule has 1 heterocycles. The second kappa shape index (κ2) is 6.07. The zero-order valence-electron chi connectivity index (χ0n) is 14.1. The van der Waals surface area contributed by atoms with Gasteiger partial charge in [-0.1, -0.05) is 49.7 Å². The number of rotatable bonds is 4. The van der Waals surface area contributed by atoms with Gasteiger partial charge in [-0.05, 0) is 54.7 Å². The number of fused-ring (bicyclic) bond motifs is 1. The first-order valence-electron chi connectivity index (χ1n) is 8.33. The fourth-order valence-corrected chi connectivity index (χ4v) is 3.02. The monoisotopic (exact) mass is 308 g/mol. The van der Waals surface area contributed by atoms with Crippen molar-refractivity contribution in [2.75, 3.05) is 0 Å². The molecule has 0 atom stereocenters. The Hall–Kier alpha value is -2.29. The van der Waals surface area contributed by atoms with E-state index in [1.807, 2.05) is 13.8 Å². The van der Waals surface area contributed by atoms with Gasteiger partial charge in [-0.25, -0.2) is 0 Å². The molecule has 0 spiro atoms. The first-order valence-corrected chi connectivity index (χ1v) is 8.33. The average Bonchev–Trinajstić information content (AvgIpc) is 2.80. The van der Waals surface area contributed by atoms with E-state index in [1.165, 1.54) is 34.7 Å². The van der Waals surface area contributed by atoms with Gasteiger partial charge < -0.3 is 5.43 Å². The van der Waals surface area contributed by atoms with Gasteiger partial charge in [0.15, 0.2) is 0 Å². The molecule has 0 aromatic heterocycles. The standard InChI is InChI=1S/C20H24N2O/c1-4-5-8-15-12-11-14-9-6-7-10-16(14)17(15)13-18-20(2,3)19(23)22-21-18/h6-7,9-13,21H,4-5,8H2,1-3H3,(H,22,23)/b18-13-. The zero-order valence-corrected chi connectivity index (χ0v) is 14.1. The Labute approximate surface area is 137 Å². The summed E-state index contributed by atoms with van der Waals surface area (Å²) in [4.78, 5) is 12.0. The third-order valence-corrected chi connectivity index (χ3v) is 4.70. The molecule has 2 aromatic carbocycles. The fourth-order valence-electron chi connectivity index (χ4n) is 3.02. The lowest BCUT2D eigenvalue weighted by atomic mass is 9.87. The summed E-state index contributed by atoms with van der Waals surface area (Å²) in [5.41, 5.74) is 8.76. The van der Waals surface area contributed by atoms with Crippen LogP contribution in [0.4, 0.5) is 0 Å². The molecule has 3 nitrogen and oxygen atoms in total. The van der Waals surface area contributed by atoms with Gasteiger partial charge in [0.2, 0.25) is 5.91 Å². The Morgan fingerprint density at radius 1 is 1.09 bits per heavy atom. The second-order valence-corrected chi connectivity index (χ2v) is 6.73. The van der Waals surface area contributed by atoms with E-state index in [2.05, 4.69) is 60.2 Å². The smallest absolute Gasteiger partial charge is 0.249 e. The predicted molar refractivity (Wildman–Crippen MR) is 95.6 cm³/mol. The highest BCUT2D eigenvalue weighted by atomic mass is 16.2. The van der Waals surface area contributed by atoms with E-state index >= 15 is 0 Å². The fraction of sp³-hybridized carbons (Fsp3) is 0.350. The first-order chi connectivity index (χ1) is 11.0. The van der Waals surface area contributed by atoms with E-state index in [4.69, 9.17) is 0 Å². The van der Waals surface area contributed by atoms with Gasteiger partial charge >= 0.3 is 0 Å². The number of unbranched alkanes of at least 4 members (excludes halogenated alkanes) is 1. The number of hydrazine groups is 1. The Bertz CT molecular complexity index is 774. The van der Waals surface area contributed by atoms with Crippen LogP contribution in [0.2, 0.25) is 0 Å². The van der Waals surface area contributed by atoms with Gasteiger partial charge in [0.25, 0.3) is 0 Å². The summed E-state index contributed by atoms with van der Waals surface area (Å²) in [7, 11) is 0. The highest BCUT2D eigenvalue weighted by Crippen LogP contribution is 2.33. The van der Waals surface area contributed by atoms with Crippen LogP contribution in [-0.4, -0.2) is 5.91 Å². The van der Waals surface area contributed by atoms with E-state index < -0.39 is 5.41 Å². The van der Waals surface area contributed by atoms with Gasteiger partial charge in [0.05, 0.1) is 5.41 Å². The van der Waals surface area contributed by atoms with Crippen LogP contribution in [0.3, 0.4) is 0 Å². The maximum absolute atomic E-state index is 12.0. The van der Waals surface area contributed by atoms with Crippen molar-refractivity contribution in [2.24, 2.45) is 5.41 Å². The van der Waals surface area contributed by atoms with Gasteiger partial charge in [0, 0.05) is 5.70 Å². The van der Waals surface area contributed by atoms with Gasteiger partial charge in [-0.3, -0.25) is 10.2 Å². The number of nitrogens with one attached hydrogen (secondary N) is 2. The highest BCUT2D eigenvalue weighted by molar-refractivity contribution is 5.95. The Kier molecular flexibility index (Phi) is 4.12. The Morgan fingerprint density at radius 3 is 2.57 bits per heavy atom. The topological polar surface area (TPSA) is 41.1 Å². The number of carbonyl (C=O) groups is 1. The van der Waals surface area contributed by atoms with Crippen LogP contribution in [0.15, 0.2) is 42.1 Å². The molecule has 1 aliphatic rings. The van der Waals surface area contributed by atoms with Crippen LogP contribution < -0.4 is 10.9 Å². The summed E-state index contributed by atoms with van der Waals surface area (Å²) in [6.45, 7) is 6.11. The lowest BCUT2D eigenvalue weighted by Gasteiger charge is -2.16. The van der Waals surface area contributed by atoms with Crippen LogP contribution in [0.5, 0.6) is 0 Å². The second-order valence-electron chi connectivity index (χ2n) is 6.73. The molecule has 23 heavy (non-hydrogen) atoms. The molecule has 0 saturated carbocycles. The molecule has 0 aliphatic carbocycles. The summed E-state index contributed by atoms with van der Waals surface area (Å²) < 4.78 is 0. The van der Waals surface area contributed by atoms with Crippen LogP contribution in [0.25, 0.3) is 16.8 Å². The van der Waals surface area contributed by atoms with Crippen LogP contribution in [0, 0.1) is 5.41 Å². The average molecular weight is 308 g/mol. The maximum atomic E-state index is 12.0. The molecule has 120 valence electrons. The minimum atomic E-state index is -0.529. The number of carbonyl (C=O) groups excluding carboxylic acids is 1. The van der Waals surface area contributed by atoms with Crippen molar-refractivity contribution in [3.05, 3.63) is 53.2 Å². The minimum Gasteiger partial charge on any atom is -0.302 e. The molecule has 1 amide bonds. The molecule has 1 saturated heterocycles. The van der Waals surface area contributed by atoms with E-state index in [0.717, 1.165) is 12.1 Å². The molecule has 0 radical (unpaired) electrons. The Balaban J connectivity index is 2.16. The number of benzene rings is 2. The Morgan fingerprint density at radius 2 is 1.87 bits per heavy atom. The van der Waals surface area contributed by atoms with Gasteiger partial charge in [0.1, 0.15) is 0 Å². The van der Waals surface area contributed by atoms with E-state index in [1.54, 1.807) is 0 Å². The van der Waals surface area contributed by atoms with Crippen LogP contribution in [0.1, 0.15) is 44.7 Å². The van der Waals surface area contributed by atoms with E-state index in [9.17, 15) is 4.79 Å². The summed E-state index contributed by atoms with van der Waals surface area (Å²) >= 11 is 0. The number of hydrogen-bond donors (Lipinski definition) is 2. The normalized spacial score (nSPS) is 18.2. The zero-order chi connectivity index (χ0) is 16.4. The van der Waals surface area contributed by atoms with Crippen LogP contribution in [-0.2, 0) is 11.2 Å². The van der Waals surface area contributed by atoms with Crippen molar-refractivity contribution in [3.8, 4) is 0 Å². The molecule has 2 aromatic rings. The third-order valence-electron chi connectivity index (χ3n) is 4.70. The van der Waals surface area contributed by atoms with Crippen molar-refractivity contribution in [3.63, 3.8) is 0 Å². The minimum absolute atomic E-state index is 0.0131. The quantitative estimate of drug-likeness (QED) is 0.889. The molecule has 0 bridgehead atoms. The summed E-state index contributed by atoms with van der Waals surface area (Å²) in [6.07, 6.45) is 5.54. The van der Waals surface area contributed by atoms with Crippen molar-refractivity contribution in [1.82, 2.24) is 10.9 Å². The van der Waals surface area contributed by atoms with Crippen molar-refractivity contribution >= 4 is 22.8 Å². The van der Waals surface area contributed by atoms with E-state index in [-0.39, 0.29) is 5.91 Å². The maximum Gasteiger partial charge on any atom is 0.249 e. The molecular formula is C20H24N2O. The highest BCUT2D eigenvalue weighted by Gasteiger charge is 2.38. The summed E-state index contributed by atoms with van der Waals surface area (Å²) in [6, 6.07) is 12.9. The largest absolute Gasteiger partial charge is 0.302 e. The molecule has 0 unspecified atom stereocenters. The molecule has 2 N–H and O–H groups in total. The van der Waals surface area contributed by atoms with Gasteiger partial charge in [-0.2, -0.15) is 0 Å². The van der Waals surface area contributed by atoms with Gasteiger partial charge in [-0.15, -0.1) is 0 Å². The summed E-state index contributed by atoms with van der Waals surface area (Å²) in [5, 5.41) is 2.47. The molecule has 3 heteroatoms. The molecule has 1 aliphatic heterocycles. The van der Waals surface area contributed by atoms with E-state index in [0.29, 0.717) is 0 Å². The van der Waals surface area contributed by atoms with Crippen molar-refractivity contribution < 1.29 is 4.79 Å². The predicted octanol–water partition coefficient (Wildman–Crippen LogP) is 4.18. The molecule has 3 rings (SSSR count). The number of amides is 1. The van der Waals surface area contributed by atoms with Crippen molar-refractivity contribution in [2.45, 2.75) is 40.0 Å². The third kappa shape index (κ3) is 2.83. The van der Waals surface area contributed by atoms with Crippen LogP contribution >= 0.6 is 0 Å². The molecular weight excluding hydrogens is 284 g/mol. The first kappa shape index (κ1) is 15.6. The SMILES string of the molecule is CCCCc1ccc2ccccc2c1/C=C1\NNC(=O)C1(C)C. The number of hydrogen-bond acceptors (Lipinski definition) is 2. The lowest BCUT2D eigenvalue weighted by molar-refractivity contribution is -0.125. The lowest BCUT2D eigenvalue weighted by Crippen LogP contribution is -2.28. The molecule has 1 fully saturated rings.